The fourth-order valence-electron chi connectivity index (χ4n) is 1.93. The lowest BCUT2D eigenvalue weighted by Crippen LogP contribution is -1.92. The molecule has 0 aliphatic carbocycles. The summed E-state index contributed by atoms with van der Waals surface area (Å²) in [6.45, 7) is 2.07. The maximum absolute atomic E-state index is 6.03. The van der Waals surface area contributed by atoms with Crippen LogP contribution in [0.25, 0.3) is 20.7 Å². The van der Waals surface area contributed by atoms with E-state index in [1.165, 1.54) is 22.0 Å². The van der Waals surface area contributed by atoms with Crippen molar-refractivity contribution in [1.29, 1.82) is 0 Å². The van der Waals surface area contributed by atoms with Gasteiger partial charge in [0.1, 0.15) is 12.1 Å². The van der Waals surface area contributed by atoms with Crippen LogP contribution in [-0.4, -0.2) is 9.97 Å². The minimum absolute atomic E-state index is 0.481. The first-order valence-electron chi connectivity index (χ1n) is 5.41. The van der Waals surface area contributed by atoms with E-state index in [0.717, 1.165) is 15.6 Å². The number of rotatable bonds is 1. The standard InChI is InChI=1S/C13H10ClN3S/c1-7-9-4-8(14)2-3-11(9)18-13(7)10-5-12(15)17-6-16-10/h2-6H,1H3,(H2,15,16,17). The monoisotopic (exact) mass is 275 g/mol. The summed E-state index contributed by atoms with van der Waals surface area (Å²) in [6.07, 6.45) is 1.49. The molecular weight excluding hydrogens is 266 g/mol. The summed E-state index contributed by atoms with van der Waals surface area (Å²) in [5.74, 6) is 0.481. The first-order valence-corrected chi connectivity index (χ1v) is 6.61. The summed E-state index contributed by atoms with van der Waals surface area (Å²) in [5, 5.41) is 1.91. The van der Waals surface area contributed by atoms with Gasteiger partial charge in [0.25, 0.3) is 0 Å². The van der Waals surface area contributed by atoms with Gasteiger partial charge in [-0.05, 0) is 36.1 Å². The summed E-state index contributed by atoms with van der Waals surface area (Å²) in [7, 11) is 0. The van der Waals surface area contributed by atoms with Crippen LogP contribution in [0.4, 0.5) is 5.82 Å². The Labute approximate surface area is 113 Å². The average molecular weight is 276 g/mol. The van der Waals surface area contributed by atoms with Gasteiger partial charge in [-0.15, -0.1) is 11.3 Å². The first-order chi connectivity index (χ1) is 8.65. The molecule has 2 aromatic heterocycles. The van der Waals surface area contributed by atoms with Gasteiger partial charge in [-0.2, -0.15) is 0 Å². The Hall–Kier alpha value is -1.65. The molecule has 0 radical (unpaired) electrons. The average Bonchev–Trinajstić information content (AvgIpc) is 2.67. The Morgan fingerprint density at radius 2 is 2.06 bits per heavy atom. The van der Waals surface area contributed by atoms with Crippen LogP contribution < -0.4 is 5.73 Å². The van der Waals surface area contributed by atoms with Crippen LogP contribution in [0.1, 0.15) is 5.56 Å². The highest BCUT2D eigenvalue weighted by atomic mass is 35.5. The van der Waals surface area contributed by atoms with E-state index in [1.807, 2.05) is 18.2 Å². The van der Waals surface area contributed by atoms with E-state index >= 15 is 0 Å². The Bertz CT molecular complexity index is 736. The second-order valence-electron chi connectivity index (χ2n) is 4.02. The zero-order chi connectivity index (χ0) is 12.7. The maximum atomic E-state index is 6.03. The zero-order valence-corrected chi connectivity index (χ0v) is 11.2. The zero-order valence-electron chi connectivity index (χ0n) is 9.64. The maximum Gasteiger partial charge on any atom is 0.127 e. The molecule has 0 aliphatic rings. The third-order valence-electron chi connectivity index (χ3n) is 2.82. The lowest BCUT2D eigenvalue weighted by molar-refractivity contribution is 1.18. The number of nitrogen functional groups attached to an aromatic ring is 1. The smallest absolute Gasteiger partial charge is 0.127 e. The first kappa shape index (κ1) is 11.4. The van der Waals surface area contributed by atoms with Crippen molar-refractivity contribution >= 4 is 38.8 Å². The number of nitrogens with zero attached hydrogens (tertiary/aromatic N) is 2. The number of nitrogens with two attached hydrogens (primary N) is 1. The van der Waals surface area contributed by atoms with Crippen molar-refractivity contribution < 1.29 is 0 Å². The Morgan fingerprint density at radius 3 is 2.83 bits per heavy atom. The molecule has 2 N–H and O–H groups in total. The molecule has 18 heavy (non-hydrogen) atoms. The fraction of sp³-hybridized carbons (Fsp3) is 0.0769. The van der Waals surface area contributed by atoms with Crippen LogP contribution in [0.2, 0.25) is 5.02 Å². The van der Waals surface area contributed by atoms with E-state index in [2.05, 4.69) is 16.9 Å². The van der Waals surface area contributed by atoms with Crippen molar-refractivity contribution in [3.05, 3.63) is 41.2 Å². The molecule has 90 valence electrons. The van der Waals surface area contributed by atoms with E-state index in [0.29, 0.717) is 5.82 Å². The molecule has 0 bridgehead atoms. The second kappa shape index (κ2) is 4.23. The number of hydrogen-bond acceptors (Lipinski definition) is 4. The van der Waals surface area contributed by atoms with E-state index < -0.39 is 0 Å². The molecule has 0 amide bonds. The van der Waals surface area contributed by atoms with Crippen LogP contribution in [0.3, 0.4) is 0 Å². The summed E-state index contributed by atoms with van der Waals surface area (Å²) < 4.78 is 1.20. The normalized spacial score (nSPS) is 11.0. The lowest BCUT2D eigenvalue weighted by atomic mass is 10.1. The lowest BCUT2D eigenvalue weighted by Gasteiger charge is -1.99. The van der Waals surface area contributed by atoms with Gasteiger partial charge in [0.05, 0.1) is 10.6 Å². The Morgan fingerprint density at radius 1 is 1.22 bits per heavy atom. The van der Waals surface area contributed by atoms with Gasteiger partial charge in [-0.3, -0.25) is 0 Å². The van der Waals surface area contributed by atoms with Crippen LogP contribution >= 0.6 is 22.9 Å². The minimum Gasteiger partial charge on any atom is -0.384 e. The number of aromatic nitrogens is 2. The number of hydrogen-bond donors (Lipinski definition) is 1. The van der Waals surface area contributed by atoms with Crippen LogP contribution in [0.5, 0.6) is 0 Å². The Balaban J connectivity index is 2.27. The van der Waals surface area contributed by atoms with Crippen molar-refractivity contribution in [1.82, 2.24) is 9.97 Å². The summed E-state index contributed by atoms with van der Waals surface area (Å²) in [4.78, 5) is 9.30. The SMILES string of the molecule is Cc1c(-c2cc(N)ncn2)sc2ccc(Cl)cc12. The van der Waals surface area contributed by atoms with Crippen molar-refractivity contribution in [3.8, 4) is 10.6 Å². The number of aryl methyl sites for hydroxylation is 1. The summed E-state index contributed by atoms with van der Waals surface area (Å²) in [6, 6.07) is 7.71. The van der Waals surface area contributed by atoms with E-state index in [4.69, 9.17) is 17.3 Å². The number of fused-ring (bicyclic) bond motifs is 1. The van der Waals surface area contributed by atoms with Gasteiger partial charge in [0.2, 0.25) is 0 Å². The highest BCUT2D eigenvalue weighted by Gasteiger charge is 2.12. The van der Waals surface area contributed by atoms with Crippen LogP contribution in [0.15, 0.2) is 30.6 Å². The molecular formula is C13H10ClN3S. The highest BCUT2D eigenvalue weighted by molar-refractivity contribution is 7.22. The van der Waals surface area contributed by atoms with Gasteiger partial charge in [-0.1, -0.05) is 11.6 Å². The molecule has 5 heteroatoms. The van der Waals surface area contributed by atoms with Crippen molar-refractivity contribution in [2.24, 2.45) is 0 Å². The molecule has 0 atom stereocenters. The third kappa shape index (κ3) is 1.83. The largest absolute Gasteiger partial charge is 0.384 e. The summed E-state index contributed by atoms with van der Waals surface area (Å²) in [5.41, 5.74) is 7.73. The molecule has 1 aromatic carbocycles. The van der Waals surface area contributed by atoms with E-state index in [9.17, 15) is 0 Å². The fourth-order valence-corrected chi connectivity index (χ4v) is 3.26. The predicted molar refractivity (Wildman–Crippen MR) is 77.0 cm³/mol. The van der Waals surface area contributed by atoms with Crippen LogP contribution in [0, 0.1) is 6.92 Å². The second-order valence-corrected chi connectivity index (χ2v) is 5.51. The van der Waals surface area contributed by atoms with Crippen molar-refractivity contribution in [2.75, 3.05) is 5.73 Å². The molecule has 3 rings (SSSR count). The molecule has 0 saturated carbocycles. The predicted octanol–water partition coefficient (Wildman–Crippen LogP) is 3.90. The molecule has 2 heterocycles. The number of halogens is 1. The molecule has 3 aromatic rings. The van der Waals surface area contributed by atoms with Gasteiger partial charge in [0.15, 0.2) is 0 Å². The summed E-state index contributed by atoms with van der Waals surface area (Å²) >= 11 is 7.72. The van der Waals surface area contributed by atoms with Crippen LogP contribution in [-0.2, 0) is 0 Å². The molecule has 0 saturated heterocycles. The number of thiophene rings is 1. The molecule has 0 fully saturated rings. The number of anilines is 1. The Kier molecular flexibility index (Phi) is 2.69. The molecule has 0 spiro atoms. The van der Waals surface area contributed by atoms with Gasteiger partial charge >= 0.3 is 0 Å². The van der Waals surface area contributed by atoms with Gasteiger partial charge < -0.3 is 5.73 Å². The highest BCUT2D eigenvalue weighted by Crippen LogP contribution is 2.38. The van der Waals surface area contributed by atoms with Crippen molar-refractivity contribution in [2.45, 2.75) is 6.92 Å². The molecule has 0 aliphatic heterocycles. The van der Waals surface area contributed by atoms with Gasteiger partial charge in [-0.25, -0.2) is 9.97 Å². The van der Waals surface area contributed by atoms with E-state index in [-0.39, 0.29) is 0 Å². The third-order valence-corrected chi connectivity index (χ3v) is 4.35. The minimum atomic E-state index is 0.481. The quantitative estimate of drug-likeness (QED) is 0.733. The molecule has 3 nitrogen and oxygen atoms in total. The van der Waals surface area contributed by atoms with E-state index in [1.54, 1.807) is 17.4 Å². The van der Waals surface area contributed by atoms with Crippen molar-refractivity contribution in [3.63, 3.8) is 0 Å². The number of benzene rings is 1. The van der Waals surface area contributed by atoms with Gasteiger partial charge in [0, 0.05) is 15.8 Å². The topological polar surface area (TPSA) is 51.8 Å². The molecule has 0 unspecified atom stereocenters.